The molecule has 7 heavy (non-hydrogen) atoms. The number of rotatable bonds is 0. The first kappa shape index (κ1) is 22.5. The van der Waals surface area contributed by atoms with Crippen LogP contribution in [0, 0.1) is 0 Å². The Balaban J connectivity index is -0.0000000150. The van der Waals surface area contributed by atoms with Crippen molar-refractivity contribution in [1.29, 1.82) is 0 Å². The molecule has 0 aliphatic heterocycles. The van der Waals surface area contributed by atoms with Crippen LogP contribution >= 0.6 is 0 Å². The molecule has 0 spiro atoms. The maximum absolute atomic E-state index is 7.17. The molecule has 0 aromatic heterocycles. The second-order valence-corrected chi connectivity index (χ2v) is 0.346. The van der Waals surface area contributed by atoms with E-state index in [1.54, 1.807) is 0 Å². The van der Waals surface area contributed by atoms with E-state index in [9.17, 15) is 0 Å². The van der Waals surface area contributed by atoms with Crippen molar-refractivity contribution in [1.82, 2.24) is 0 Å². The molecule has 0 aliphatic carbocycles. The molecule has 0 amide bonds. The van der Waals surface area contributed by atoms with Crippen LogP contribution in [0.1, 0.15) is 0 Å². The quantitative estimate of drug-likeness (QED) is 0.393. The van der Waals surface area contributed by atoms with Gasteiger partial charge >= 0.3 is 106 Å². The van der Waals surface area contributed by atoms with Crippen molar-refractivity contribution in [3.63, 3.8) is 0 Å². The van der Waals surface area contributed by atoms with Crippen LogP contribution in [0.4, 0.5) is 0 Å². The first-order valence-electron chi connectivity index (χ1n) is 0.775. The third-order valence-corrected chi connectivity index (χ3v) is 0. The average Bonchev–Trinajstić information content (AvgIpc) is 0.811. The summed E-state index contributed by atoms with van der Waals surface area (Å²) >= 11 is 0. The normalized spacial score (nSPS) is 3.86. The first-order chi connectivity index (χ1) is 1.73. The Hall–Kier alpha value is 3.15. The van der Waals surface area contributed by atoms with Crippen molar-refractivity contribution in [2.24, 2.45) is 0 Å². The predicted octanol–water partition coefficient (Wildman–Crippen LogP) is -4.80. The van der Waals surface area contributed by atoms with Crippen molar-refractivity contribution >= 4 is 106 Å². The molecule has 0 heterocycles. The number of hydrogen-bond acceptors (Lipinski definition) is 3. The molecular weight excluding hydrogens is 289 g/mol. The average molecular weight is 298 g/mol. The number of hydrogen-bond donors (Lipinski definition) is 3. The van der Waals surface area contributed by atoms with Crippen LogP contribution in [0.2, 0.25) is 0 Å². The zero-order valence-electron chi connectivity index (χ0n) is 1.92. The van der Waals surface area contributed by atoms with Gasteiger partial charge in [0, 0.05) is 0 Å². The van der Waals surface area contributed by atoms with E-state index in [1.165, 1.54) is 0 Å². The van der Waals surface area contributed by atoms with E-state index in [-0.39, 0.29) is 98.2 Å². The van der Waals surface area contributed by atoms with Gasteiger partial charge in [0.05, 0.1) is 0 Å². The summed E-state index contributed by atoms with van der Waals surface area (Å²) in [6.07, 6.45) is 0. The van der Waals surface area contributed by atoms with Crippen molar-refractivity contribution in [2.45, 2.75) is 0 Å². The van der Waals surface area contributed by atoms with Gasteiger partial charge in [0.15, 0.2) is 0 Å². The second kappa shape index (κ2) is 16.1. The Bertz CT molecular complexity index is 19.7. The van der Waals surface area contributed by atoms with Crippen LogP contribution < -0.4 is 0 Å². The monoisotopic (exact) mass is 298 g/mol. The van der Waals surface area contributed by atoms with E-state index in [0.29, 0.717) is 0 Å². The first-order valence-corrected chi connectivity index (χ1v) is 0.775. The Morgan fingerprint density at radius 3 is 1.00 bits per heavy atom. The van der Waals surface area contributed by atoms with E-state index in [1.807, 2.05) is 0 Å². The van der Waals surface area contributed by atoms with Crippen LogP contribution in [0.15, 0.2) is 0 Å². The van der Waals surface area contributed by atoms with Gasteiger partial charge in [-0.05, 0) is 0 Å². The summed E-state index contributed by atoms with van der Waals surface area (Å²) in [6, 6.07) is 0. The molecule has 36 valence electrons. The molecular formula is H9BBaGaNaO3. The van der Waals surface area contributed by atoms with Crippen LogP contribution in [-0.4, -0.2) is 121 Å². The third kappa shape index (κ3) is 47.1. The van der Waals surface area contributed by atoms with Crippen LogP contribution in [0.25, 0.3) is 0 Å². The van der Waals surface area contributed by atoms with Gasteiger partial charge < -0.3 is 15.1 Å². The van der Waals surface area contributed by atoms with Crippen LogP contribution in [0.5, 0.6) is 0 Å². The molecule has 0 fully saturated rings. The summed E-state index contributed by atoms with van der Waals surface area (Å²) in [5, 5.41) is 21.5. The van der Waals surface area contributed by atoms with Gasteiger partial charge in [0.2, 0.25) is 0 Å². The molecule has 7 heteroatoms. The summed E-state index contributed by atoms with van der Waals surface area (Å²) in [7, 11) is -2.17. The standard InChI is InChI=1S/BH3O3.Ba.Ga.Na.6H/c2-1(3)4;;;;;;;;;/h2-4H;;;;;;;;;. The van der Waals surface area contributed by atoms with Crippen molar-refractivity contribution in [2.75, 3.05) is 0 Å². The molecule has 0 unspecified atom stereocenters. The van der Waals surface area contributed by atoms with E-state index in [0.717, 1.165) is 0 Å². The Morgan fingerprint density at radius 2 is 1.00 bits per heavy atom. The molecule has 0 saturated carbocycles. The fourth-order valence-corrected chi connectivity index (χ4v) is 0. The molecule has 3 nitrogen and oxygen atoms in total. The zero-order chi connectivity index (χ0) is 3.58. The Kier molecular flexibility index (Phi) is 51.6. The Labute approximate surface area is 118 Å². The van der Waals surface area contributed by atoms with Gasteiger partial charge in [0.1, 0.15) is 0 Å². The molecule has 0 rings (SSSR count). The Morgan fingerprint density at radius 1 is 1.00 bits per heavy atom. The van der Waals surface area contributed by atoms with Gasteiger partial charge in [-0.3, -0.25) is 0 Å². The minimum atomic E-state index is -2.17. The van der Waals surface area contributed by atoms with E-state index >= 15 is 0 Å². The van der Waals surface area contributed by atoms with E-state index in [4.69, 9.17) is 15.1 Å². The fraction of sp³-hybridized carbons (Fsp3) is 0. The van der Waals surface area contributed by atoms with Gasteiger partial charge in [0.25, 0.3) is 0 Å². The van der Waals surface area contributed by atoms with E-state index < -0.39 is 7.32 Å². The zero-order valence-corrected chi connectivity index (χ0v) is 1.92. The molecule has 0 radical (unpaired) electrons. The summed E-state index contributed by atoms with van der Waals surface area (Å²) in [4.78, 5) is 0. The minimum absolute atomic E-state index is 0. The molecule has 0 saturated heterocycles. The third-order valence-electron chi connectivity index (χ3n) is 0. The van der Waals surface area contributed by atoms with Crippen LogP contribution in [-0.2, 0) is 0 Å². The molecule has 0 bridgehead atoms. The van der Waals surface area contributed by atoms with E-state index in [2.05, 4.69) is 0 Å². The fourth-order valence-electron chi connectivity index (χ4n) is 0. The van der Waals surface area contributed by atoms with Gasteiger partial charge in [-0.25, -0.2) is 0 Å². The van der Waals surface area contributed by atoms with Crippen LogP contribution in [0.3, 0.4) is 0 Å². The van der Waals surface area contributed by atoms with Crippen molar-refractivity contribution < 1.29 is 15.1 Å². The van der Waals surface area contributed by atoms with Gasteiger partial charge in [-0.2, -0.15) is 0 Å². The van der Waals surface area contributed by atoms with Crippen molar-refractivity contribution in [3.8, 4) is 0 Å². The second-order valence-electron chi connectivity index (χ2n) is 0.346. The molecule has 0 aliphatic rings. The van der Waals surface area contributed by atoms with Crippen molar-refractivity contribution in [3.05, 3.63) is 0 Å². The molecule has 0 atom stereocenters. The SMILES string of the molecule is OB(O)O.[BaH2].[GaH3].[NaH]. The van der Waals surface area contributed by atoms with Gasteiger partial charge in [-0.15, -0.1) is 0 Å². The predicted molar refractivity (Wildman–Crippen MR) is 38.0 cm³/mol. The molecule has 0 aromatic carbocycles. The summed E-state index contributed by atoms with van der Waals surface area (Å²) < 4.78 is 0. The maximum atomic E-state index is 7.17. The summed E-state index contributed by atoms with van der Waals surface area (Å²) in [5.41, 5.74) is 0. The molecule has 3 N–H and O–H groups in total. The topological polar surface area (TPSA) is 60.7 Å². The summed E-state index contributed by atoms with van der Waals surface area (Å²) in [5.74, 6) is 0. The summed E-state index contributed by atoms with van der Waals surface area (Å²) in [6.45, 7) is 0. The molecule has 0 aromatic rings. The van der Waals surface area contributed by atoms with Gasteiger partial charge in [-0.1, -0.05) is 0 Å².